The highest BCUT2D eigenvalue weighted by Crippen LogP contribution is 2.64. The smallest absolute Gasteiger partial charge is 0.331 e. The number of esters is 3. The van der Waals surface area contributed by atoms with Crippen molar-refractivity contribution in [2.45, 2.75) is 96.9 Å². The van der Waals surface area contributed by atoms with Crippen molar-refractivity contribution in [2.75, 3.05) is 6.61 Å². The number of aliphatic hydroxyl groups excluding tert-OH is 2. The highest BCUT2D eigenvalue weighted by Gasteiger charge is 2.73. The van der Waals surface area contributed by atoms with Crippen molar-refractivity contribution >= 4 is 24.0 Å². The molecule has 1 aliphatic heterocycles. The molecule has 1 saturated heterocycles. The van der Waals surface area contributed by atoms with Gasteiger partial charge >= 0.3 is 17.9 Å². The van der Waals surface area contributed by atoms with Gasteiger partial charge in [-0.15, -0.1) is 0 Å². The van der Waals surface area contributed by atoms with E-state index in [1.807, 2.05) is 58.0 Å². The van der Waals surface area contributed by atoms with Crippen LogP contribution < -0.4 is 0 Å². The van der Waals surface area contributed by atoms with Crippen LogP contribution in [0.2, 0.25) is 0 Å². The Bertz CT molecular complexity index is 1290. The van der Waals surface area contributed by atoms with Gasteiger partial charge in [0.15, 0.2) is 0 Å². The van der Waals surface area contributed by atoms with Gasteiger partial charge in [-0.25, -0.2) is 4.79 Å². The Morgan fingerprint density at radius 1 is 1.00 bits per heavy atom. The van der Waals surface area contributed by atoms with E-state index in [2.05, 4.69) is 0 Å². The molecule has 1 aromatic carbocycles. The summed E-state index contributed by atoms with van der Waals surface area (Å²) in [6.07, 6.45) is -0.383. The normalized spacial score (nSPS) is 38.7. The number of rotatable bonds is 5. The van der Waals surface area contributed by atoms with Crippen molar-refractivity contribution in [3.8, 4) is 0 Å². The molecule has 0 amide bonds. The summed E-state index contributed by atoms with van der Waals surface area (Å²) < 4.78 is 24.0. The van der Waals surface area contributed by atoms with Crippen LogP contribution in [0.1, 0.15) is 66.4 Å². The van der Waals surface area contributed by atoms with E-state index in [1.54, 1.807) is 6.08 Å². The van der Waals surface area contributed by atoms with Gasteiger partial charge < -0.3 is 29.2 Å². The van der Waals surface area contributed by atoms with E-state index >= 15 is 0 Å². The van der Waals surface area contributed by atoms with Crippen LogP contribution in [-0.4, -0.2) is 70.8 Å². The predicted molar refractivity (Wildman–Crippen MR) is 153 cm³/mol. The standard InChI is InChI=1S/C33H42O9/c1-18-23(40-19(2)34)16-22-28(41-20(3)35)29-32(6,30(38)27(37)26(18)31(22,4)5)15-14-24(33(29)17-39-33)42-25(36)13-12-21-10-8-7-9-11-21/h7-13,22-24,27-30,37-38H,14-17H2,1-6H3. The molecule has 1 spiro atoms. The molecule has 3 aliphatic carbocycles. The molecule has 1 heterocycles. The minimum Gasteiger partial charge on any atom is -0.462 e. The minimum atomic E-state index is -1.25. The SMILES string of the molecule is CC(=O)OC1CC2C(OC(C)=O)C3C(C)(CCC(OC(=O)C=Cc4ccccc4)C34CO4)C(O)C(O)C(=C1C)C2(C)C. The van der Waals surface area contributed by atoms with E-state index in [1.165, 1.54) is 19.9 Å². The van der Waals surface area contributed by atoms with Crippen LogP contribution in [0.5, 0.6) is 0 Å². The van der Waals surface area contributed by atoms with Crippen molar-refractivity contribution in [1.82, 2.24) is 0 Å². The lowest BCUT2D eigenvalue weighted by molar-refractivity contribution is -0.218. The second-order valence-electron chi connectivity index (χ2n) is 13.2. The fraction of sp³-hybridized carbons (Fsp3) is 0.606. The number of hydrogen-bond acceptors (Lipinski definition) is 9. The van der Waals surface area contributed by atoms with Gasteiger partial charge in [-0.3, -0.25) is 9.59 Å². The van der Waals surface area contributed by atoms with E-state index in [0.717, 1.165) is 5.56 Å². The highest BCUT2D eigenvalue weighted by atomic mass is 16.6. The zero-order valence-electron chi connectivity index (χ0n) is 25.2. The third-order valence-corrected chi connectivity index (χ3v) is 10.3. The number of carbonyl (C=O) groups is 3. The maximum Gasteiger partial charge on any atom is 0.331 e. The summed E-state index contributed by atoms with van der Waals surface area (Å²) >= 11 is 0. The topological polar surface area (TPSA) is 132 Å². The molecule has 2 bridgehead atoms. The predicted octanol–water partition coefficient (Wildman–Crippen LogP) is 3.76. The Morgan fingerprint density at radius 3 is 2.24 bits per heavy atom. The molecule has 5 rings (SSSR count). The van der Waals surface area contributed by atoms with Gasteiger partial charge in [0.25, 0.3) is 0 Å². The van der Waals surface area contributed by atoms with Gasteiger partial charge in [-0.1, -0.05) is 51.1 Å². The molecule has 9 heteroatoms. The number of carbonyl (C=O) groups excluding carboxylic acids is 3. The summed E-state index contributed by atoms with van der Waals surface area (Å²) in [6.45, 7) is 10.6. The molecule has 0 radical (unpaired) electrons. The second-order valence-corrected chi connectivity index (χ2v) is 13.2. The molecule has 9 unspecified atom stereocenters. The molecule has 0 aromatic heterocycles. The van der Waals surface area contributed by atoms with Crippen molar-refractivity contribution in [1.29, 1.82) is 0 Å². The second kappa shape index (κ2) is 10.9. The summed E-state index contributed by atoms with van der Waals surface area (Å²) in [4.78, 5) is 37.7. The molecule has 3 fully saturated rings. The van der Waals surface area contributed by atoms with Crippen LogP contribution in [0.25, 0.3) is 6.08 Å². The number of aliphatic hydroxyl groups is 2. The molecule has 2 N–H and O–H groups in total. The summed E-state index contributed by atoms with van der Waals surface area (Å²) in [7, 11) is 0. The lowest BCUT2D eigenvalue weighted by Crippen LogP contribution is -2.67. The fourth-order valence-electron chi connectivity index (χ4n) is 8.27. The molecule has 9 atom stereocenters. The van der Waals surface area contributed by atoms with Crippen LogP contribution in [0.3, 0.4) is 0 Å². The van der Waals surface area contributed by atoms with E-state index in [-0.39, 0.29) is 6.61 Å². The van der Waals surface area contributed by atoms with Gasteiger partial charge in [0.1, 0.15) is 30.0 Å². The zero-order valence-corrected chi connectivity index (χ0v) is 25.2. The van der Waals surface area contributed by atoms with Crippen LogP contribution in [0.4, 0.5) is 0 Å². The van der Waals surface area contributed by atoms with Crippen LogP contribution in [-0.2, 0) is 33.3 Å². The molecular weight excluding hydrogens is 540 g/mol. The molecule has 1 aromatic rings. The first-order chi connectivity index (χ1) is 19.7. The largest absolute Gasteiger partial charge is 0.462 e. The Morgan fingerprint density at radius 2 is 1.64 bits per heavy atom. The number of fused-ring (bicyclic) bond motifs is 4. The number of ether oxygens (including phenoxy) is 4. The minimum absolute atomic E-state index is 0.246. The molecule has 42 heavy (non-hydrogen) atoms. The van der Waals surface area contributed by atoms with Gasteiger partial charge in [0.05, 0.1) is 12.7 Å². The van der Waals surface area contributed by atoms with Gasteiger partial charge in [0, 0.05) is 37.2 Å². The average molecular weight is 583 g/mol. The number of hydrogen-bond donors (Lipinski definition) is 2. The van der Waals surface area contributed by atoms with Crippen LogP contribution in [0, 0.1) is 22.7 Å². The lowest BCUT2D eigenvalue weighted by atomic mass is 9.48. The first-order valence-corrected chi connectivity index (χ1v) is 14.7. The molecule has 9 nitrogen and oxygen atoms in total. The maximum absolute atomic E-state index is 13.0. The molecule has 2 saturated carbocycles. The van der Waals surface area contributed by atoms with Crippen molar-refractivity contribution in [3.63, 3.8) is 0 Å². The molecule has 228 valence electrons. The summed E-state index contributed by atoms with van der Waals surface area (Å²) in [6, 6.07) is 9.41. The Balaban J connectivity index is 1.57. The lowest BCUT2D eigenvalue weighted by Gasteiger charge is -2.60. The Hall–Kier alpha value is -3.01. The van der Waals surface area contributed by atoms with Crippen molar-refractivity contribution in [2.24, 2.45) is 22.7 Å². The quantitative estimate of drug-likeness (QED) is 0.175. The monoisotopic (exact) mass is 582 g/mol. The van der Waals surface area contributed by atoms with Gasteiger partial charge in [-0.05, 0) is 54.4 Å². The van der Waals surface area contributed by atoms with Gasteiger partial charge in [0.2, 0.25) is 0 Å². The summed E-state index contributed by atoms with van der Waals surface area (Å²) in [5.74, 6) is -2.50. The first-order valence-electron chi connectivity index (χ1n) is 14.7. The fourth-order valence-corrected chi connectivity index (χ4v) is 8.27. The number of epoxide rings is 1. The van der Waals surface area contributed by atoms with Crippen LogP contribution in [0.15, 0.2) is 47.6 Å². The highest BCUT2D eigenvalue weighted by molar-refractivity contribution is 5.87. The zero-order chi connectivity index (χ0) is 30.6. The Labute approximate surface area is 246 Å². The van der Waals surface area contributed by atoms with E-state index in [0.29, 0.717) is 30.4 Å². The third kappa shape index (κ3) is 5.09. The van der Waals surface area contributed by atoms with Crippen molar-refractivity contribution in [3.05, 3.63) is 53.1 Å². The summed E-state index contributed by atoms with van der Waals surface area (Å²) in [5, 5.41) is 23.8. The van der Waals surface area contributed by atoms with Crippen molar-refractivity contribution < 1.29 is 43.5 Å². The van der Waals surface area contributed by atoms with Gasteiger partial charge in [-0.2, -0.15) is 0 Å². The van der Waals surface area contributed by atoms with E-state index in [9.17, 15) is 24.6 Å². The first kappa shape index (κ1) is 30.4. The van der Waals surface area contributed by atoms with Crippen LogP contribution >= 0.6 is 0 Å². The summed E-state index contributed by atoms with van der Waals surface area (Å²) in [5.41, 5.74) is -0.554. The van der Waals surface area contributed by atoms with E-state index in [4.69, 9.17) is 18.9 Å². The molecule has 4 aliphatic rings. The average Bonchev–Trinajstić information content (AvgIpc) is 3.70. The maximum atomic E-state index is 13.0. The number of benzene rings is 1. The Kier molecular flexibility index (Phi) is 7.92. The van der Waals surface area contributed by atoms with E-state index < -0.39 is 76.7 Å². The molecular formula is C33H42O9. The third-order valence-electron chi connectivity index (χ3n) is 10.3.